The predicted molar refractivity (Wildman–Crippen MR) is 81.5 cm³/mol. The number of nitrogens with one attached hydrogen (secondary N) is 1. The van der Waals surface area contributed by atoms with Crippen LogP contribution in [0.25, 0.3) is 10.4 Å². The highest BCUT2D eigenvalue weighted by molar-refractivity contribution is 7.19. The molecular weight excluding hydrogens is 262 g/mol. The van der Waals surface area contributed by atoms with Crippen LogP contribution in [0.5, 0.6) is 0 Å². The topological polar surface area (TPSA) is 12.0 Å². The first-order valence-corrected chi connectivity index (χ1v) is 7.50. The molecule has 18 heavy (non-hydrogen) atoms. The van der Waals surface area contributed by atoms with E-state index in [4.69, 9.17) is 11.6 Å². The van der Waals surface area contributed by atoms with Crippen LogP contribution < -0.4 is 5.32 Å². The molecule has 2 rings (SSSR count). The standard InChI is InChI=1S/C15H18ClNS/c1-3-10-17-11(2)12-6-4-5-7-13(12)14-8-9-15(16)18-14/h4-9,11,17H,3,10H2,1-2H3. The molecule has 2 aromatic rings. The zero-order chi connectivity index (χ0) is 13.0. The lowest BCUT2D eigenvalue weighted by atomic mass is 10.0. The van der Waals surface area contributed by atoms with Gasteiger partial charge in [-0.2, -0.15) is 0 Å². The summed E-state index contributed by atoms with van der Waals surface area (Å²) in [6.45, 7) is 5.44. The predicted octanol–water partition coefficient (Wildman–Crippen LogP) is 5.13. The summed E-state index contributed by atoms with van der Waals surface area (Å²) in [5.74, 6) is 0. The molecular formula is C15H18ClNS. The van der Waals surface area contributed by atoms with Crippen molar-refractivity contribution in [3.05, 3.63) is 46.3 Å². The first-order valence-electron chi connectivity index (χ1n) is 6.30. The van der Waals surface area contributed by atoms with E-state index in [2.05, 4.69) is 49.5 Å². The minimum absolute atomic E-state index is 0.363. The molecule has 0 amide bonds. The monoisotopic (exact) mass is 279 g/mol. The second kappa shape index (κ2) is 6.37. The molecule has 1 atom stereocenters. The van der Waals surface area contributed by atoms with Crippen molar-refractivity contribution in [1.82, 2.24) is 5.32 Å². The van der Waals surface area contributed by atoms with Gasteiger partial charge in [-0.25, -0.2) is 0 Å². The van der Waals surface area contributed by atoms with Crippen LogP contribution in [0.15, 0.2) is 36.4 Å². The van der Waals surface area contributed by atoms with Gasteiger partial charge in [0, 0.05) is 10.9 Å². The van der Waals surface area contributed by atoms with Crippen molar-refractivity contribution >= 4 is 22.9 Å². The Morgan fingerprint density at radius 3 is 2.67 bits per heavy atom. The van der Waals surface area contributed by atoms with E-state index >= 15 is 0 Å². The second-order valence-corrected chi connectivity index (χ2v) is 6.08. The highest BCUT2D eigenvalue weighted by atomic mass is 35.5. The molecule has 96 valence electrons. The van der Waals surface area contributed by atoms with Crippen molar-refractivity contribution in [1.29, 1.82) is 0 Å². The molecule has 0 saturated carbocycles. The average Bonchev–Trinajstić information content (AvgIpc) is 2.82. The third-order valence-electron chi connectivity index (χ3n) is 2.97. The van der Waals surface area contributed by atoms with Crippen molar-refractivity contribution in [2.75, 3.05) is 6.54 Å². The van der Waals surface area contributed by atoms with Crippen LogP contribution in [0, 0.1) is 0 Å². The van der Waals surface area contributed by atoms with Crippen LogP contribution in [-0.2, 0) is 0 Å². The van der Waals surface area contributed by atoms with E-state index in [-0.39, 0.29) is 0 Å². The van der Waals surface area contributed by atoms with Crippen LogP contribution in [0.1, 0.15) is 31.9 Å². The van der Waals surface area contributed by atoms with Gasteiger partial charge in [0.1, 0.15) is 0 Å². The Bertz CT molecular complexity index is 507. The number of hydrogen-bond donors (Lipinski definition) is 1. The molecule has 1 heterocycles. The third kappa shape index (κ3) is 3.14. The van der Waals surface area contributed by atoms with Crippen molar-refractivity contribution in [3.8, 4) is 10.4 Å². The molecule has 0 radical (unpaired) electrons. The number of benzene rings is 1. The molecule has 0 aliphatic carbocycles. The lowest BCUT2D eigenvalue weighted by molar-refractivity contribution is 0.572. The first kappa shape index (κ1) is 13.6. The molecule has 1 nitrogen and oxygen atoms in total. The summed E-state index contributed by atoms with van der Waals surface area (Å²) >= 11 is 7.66. The van der Waals surface area contributed by atoms with Gasteiger partial charge in [0.25, 0.3) is 0 Å². The normalized spacial score (nSPS) is 12.6. The van der Waals surface area contributed by atoms with Crippen molar-refractivity contribution in [3.63, 3.8) is 0 Å². The van der Waals surface area contributed by atoms with Gasteiger partial charge in [-0.1, -0.05) is 42.8 Å². The minimum atomic E-state index is 0.363. The van der Waals surface area contributed by atoms with Gasteiger partial charge >= 0.3 is 0 Å². The largest absolute Gasteiger partial charge is 0.310 e. The van der Waals surface area contributed by atoms with Crippen LogP contribution in [0.3, 0.4) is 0 Å². The Morgan fingerprint density at radius 1 is 1.22 bits per heavy atom. The van der Waals surface area contributed by atoms with Gasteiger partial charge in [-0.3, -0.25) is 0 Å². The molecule has 0 bridgehead atoms. The highest BCUT2D eigenvalue weighted by Gasteiger charge is 2.12. The molecule has 3 heteroatoms. The van der Waals surface area contributed by atoms with Crippen LogP contribution in [-0.4, -0.2) is 6.54 Å². The van der Waals surface area contributed by atoms with Crippen molar-refractivity contribution in [2.24, 2.45) is 0 Å². The Balaban J connectivity index is 2.30. The van der Waals surface area contributed by atoms with E-state index in [9.17, 15) is 0 Å². The van der Waals surface area contributed by atoms with E-state index in [1.54, 1.807) is 11.3 Å². The maximum absolute atomic E-state index is 6.03. The van der Waals surface area contributed by atoms with Gasteiger partial charge in [-0.05, 0) is 43.1 Å². The number of thiophene rings is 1. The maximum Gasteiger partial charge on any atom is 0.0934 e. The van der Waals surface area contributed by atoms with Crippen molar-refractivity contribution < 1.29 is 0 Å². The zero-order valence-electron chi connectivity index (χ0n) is 10.7. The number of rotatable bonds is 5. The molecule has 0 fully saturated rings. The van der Waals surface area contributed by atoms with Gasteiger partial charge < -0.3 is 5.32 Å². The fraction of sp³-hybridized carbons (Fsp3) is 0.333. The van der Waals surface area contributed by atoms with E-state index in [1.807, 2.05) is 6.07 Å². The minimum Gasteiger partial charge on any atom is -0.310 e. The average molecular weight is 280 g/mol. The quantitative estimate of drug-likeness (QED) is 0.800. The maximum atomic E-state index is 6.03. The third-order valence-corrected chi connectivity index (χ3v) is 4.23. The van der Waals surface area contributed by atoms with Crippen LogP contribution in [0.2, 0.25) is 4.34 Å². The fourth-order valence-corrected chi connectivity index (χ4v) is 3.12. The Kier molecular flexibility index (Phi) is 4.81. The van der Waals surface area contributed by atoms with Gasteiger partial charge in [-0.15, -0.1) is 11.3 Å². The lowest BCUT2D eigenvalue weighted by Gasteiger charge is -2.17. The zero-order valence-corrected chi connectivity index (χ0v) is 12.3. The summed E-state index contributed by atoms with van der Waals surface area (Å²) in [6, 6.07) is 13.0. The highest BCUT2D eigenvalue weighted by Crippen LogP contribution is 2.35. The smallest absolute Gasteiger partial charge is 0.0934 e. The summed E-state index contributed by atoms with van der Waals surface area (Å²) < 4.78 is 0.842. The Hall–Kier alpha value is -0.830. The van der Waals surface area contributed by atoms with E-state index in [1.165, 1.54) is 16.0 Å². The number of hydrogen-bond acceptors (Lipinski definition) is 2. The van der Waals surface area contributed by atoms with Gasteiger partial charge in [0.2, 0.25) is 0 Å². The van der Waals surface area contributed by atoms with Crippen molar-refractivity contribution in [2.45, 2.75) is 26.3 Å². The number of halogens is 1. The lowest BCUT2D eigenvalue weighted by Crippen LogP contribution is -2.19. The molecule has 0 saturated heterocycles. The summed E-state index contributed by atoms with van der Waals surface area (Å²) in [5.41, 5.74) is 2.62. The summed E-state index contributed by atoms with van der Waals surface area (Å²) in [5, 5.41) is 3.54. The fourth-order valence-electron chi connectivity index (χ4n) is 2.03. The van der Waals surface area contributed by atoms with Gasteiger partial charge in [0.05, 0.1) is 4.34 Å². The van der Waals surface area contributed by atoms with E-state index in [0.717, 1.165) is 17.3 Å². The molecule has 1 aromatic carbocycles. The summed E-state index contributed by atoms with van der Waals surface area (Å²) in [4.78, 5) is 1.24. The molecule has 1 unspecified atom stereocenters. The van der Waals surface area contributed by atoms with Crippen LogP contribution >= 0.6 is 22.9 Å². The molecule has 0 aliphatic heterocycles. The Morgan fingerprint density at radius 2 is 2.00 bits per heavy atom. The molecule has 0 spiro atoms. The Labute approximate surface area is 118 Å². The van der Waals surface area contributed by atoms with E-state index in [0.29, 0.717) is 6.04 Å². The first-order chi connectivity index (χ1) is 8.72. The summed E-state index contributed by atoms with van der Waals surface area (Å²) in [6.07, 6.45) is 1.15. The molecule has 1 N–H and O–H groups in total. The SMILES string of the molecule is CCCNC(C)c1ccccc1-c1ccc(Cl)s1. The molecule has 1 aromatic heterocycles. The van der Waals surface area contributed by atoms with Gasteiger partial charge in [0.15, 0.2) is 0 Å². The molecule has 0 aliphatic rings. The second-order valence-electron chi connectivity index (χ2n) is 4.37. The van der Waals surface area contributed by atoms with E-state index < -0.39 is 0 Å². The van der Waals surface area contributed by atoms with Crippen LogP contribution in [0.4, 0.5) is 0 Å². The summed E-state index contributed by atoms with van der Waals surface area (Å²) in [7, 11) is 0.